The molecule has 4 rings (SSSR count). The highest BCUT2D eigenvalue weighted by Crippen LogP contribution is 2.29. The summed E-state index contributed by atoms with van der Waals surface area (Å²) in [4.78, 5) is 4.89. The zero-order valence-corrected chi connectivity index (χ0v) is 15.9. The Hall–Kier alpha value is -2.64. The Morgan fingerprint density at radius 1 is 1.19 bits per heavy atom. The molecule has 1 fully saturated rings. The molecule has 0 radical (unpaired) electrons. The fourth-order valence-electron chi connectivity index (χ4n) is 2.89. The first kappa shape index (κ1) is 17.8. The lowest BCUT2D eigenvalue weighted by atomic mass is 10.1. The summed E-state index contributed by atoms with van der Waals surface area (Å²) in [5, 5.41) is 4.35. The molecule has 3 N–H and O–H groups in total. The molecular weight excluding hydrogens is 360 g/mol. The van der Waals surface area contributed by atoms with Crippen molar-refractivity contribution in [3.05, 3.63) is 54.7 Å². The summed E-state index contributed by atoms with van der Waals surface area (Å²) in [5.74, 6) is 1.34. The third kappa shape index (κ3) is 4.04. The number of rotatable bonds is 7. The Bertz CT molecular complexity index is 1060. The van der Waals surface area contributed by atoms with Crippen LogP contribution in [-0.2, 0) is 9.92 Å². The molecule has 1 aliphatic carbocycles. The Kier molecular flexibility index (Phi) is 4.72. The van der Waals surface area contributed by atoms with Gasteiger partial charge in [0.05, 0.1) is 17.5 Å². The van der Waals surface area contributed by atoms with Crippen molar-refractivity contribution in [2.24, 2.45) is 5.92 Å². The van der Waals surface area contributed by atoms with E-state index in [1.165, 1.54) is 0 Å². The third-order valence-corrected chi connectivity index (χ3v) is 6.20. The molecule has 1 saturated carbocycles. The van der Waals surface area contributed by atoms with Gasteiger partial charge < -0.3 is 10.1 Å². The predicted octanol–water partition coefficient (Wildman–Crippen LogP) is 4.31. The van der Waals surface area contributed by atoms with Crippen molar-refractivity contribution in [3.63, 3.8) is 0 Å². The largest absolute Gasteiger partial charge is 0.497 e. The van der Waals surface area contributed by atoms with Crippen LogP contribution >= 0.6 is 0 Å². The van der Waals surface area contributed by atoms with Crippen LogP contribution in [0.4, 0.5) is 11.4 Å². The average Bonchev–Trinajstić information content (AvgIpc) is 3.51. The van der Waals surface area contributed by atoms with Crippen LogP contribution < -0.4 is 14.8 Å². The van der Waals surface area contributed by atoms with E-state index in [9.17, 15) is 4.21 Å². The van der Waals surface area contributed by atoms with E-state index in [-0.39, 0.29) is 0 Å². The van der Waals surface area contributed by atoms with Crippen molar-refractivity contribution in [2.75, 3.05) is 19.0 Å². The molecule has 1 atom stereocenters. The number of pyridine rings is 1. The number of fused-ring (bicyclic) bond motifs is 1. The van der Waals surface area contributed by atoms with Gasteiger partial charge >= 0.3 is 0 Å². The molecule has 0 saturated heterocycles. The molecule has 3 aromatic rings. The Balaban J connectivity index is 1.54. The lowest BCUT2D eigenvalue weighted by Gasteiger charge is -2.12. The highest BCUT2D eigenvalue weighted by Gasteiger charge is 2.22. The van der Waals surface area contributed by atoms with Crippen LogP contribution in [0.25, 0.3) is 10.9 Å². The summed E-state index contributed by atoms with van der Waals surface area (Å²) in [7, 11) is -1.32. The molecule has 6 nitrogen and oxygen atoms in total. The average molecular weight is 382 g/mol. The highest BCUT2D eigenvalue weighted by molar-refractivity contribution is 7.90. The van der Waals surface area contributed by atoms with Crippen LogP contribution in [0.2, 0.25) is 0 Å². The van der Waals surface area contributed by atoms with Crippen LogP contribution in [0.5, 0.6) is 5.75 Å². The van der Waals surface area contributed by atoms with Crippen molar-refractivity contribution < 1.29 is 8.95 Å². The van der Waals surface area contributed by atoms with Gasteiger partial charge in [-0.2, -0.15) is 0 Å². The number of hydrogen-bond acceptors (Lipinski definition) is 5. The van der Waals surface area contributed by atoms with Crippen LogP contribution in [-0.4, -0.2) is 22.8 Å². The van der Waals surface area contributed by atoms with E-state index in [1.807, 2.05) is 36.4 Å². The molecule has 140 valence electrons. The number of hydrogen-bond donors (Lipinski definition) is 3. The van der Waals surface area contributed by atoms with Gasteiger partial charge in [-0.25, -0.2) is 13.7 Å². The first-order valence-electron chi connectivity index (χ1n) is 8.88. The van der Waals surface area contributed by atoms with E-state index in [0.29, 0.717) is 17.4 Å². The molecular formula is C20H22N4O2S. The second kappa shape index (κ2) is 7.17. The molecule has 0 amide bonds. The smallest absolute Gasteiger partial charge is 0.134 e. The molecule has 0 bridgehead atoms. The van der Waals surface area contributed by atoms with E-state index in [0.717, 1.165) is 40.9 Å². The van der Waals surface area contributed by atoms with Gasteiger partial charge in [-0.05, 0) is 61.2 Å². The summed E-state index contributed by atoms with van der Waals surface area (Å²) < 4.78 is 28.8. The van der Waals surface area contributed by atoms with Gasteiger partial charge in [0, 0.05) is 35.6 Å². The van der Waals surface area contributed by atoms with Gasteiger partial charge in [0.2, 0.25) is 0 Å². The maximum atomic E-state index is 12.5. The van der Waals surface area contributed by atoms with Gasteiger partial charge in [0.15, 0.2) is 0 Å². The van der Waals surface area contributed by atoms with Gasteiger partial charge in [-0.15, -0.1) is 0 Å². The summed E-state index contributed by atoms with van der Waals surface area (Å²) in [6.07, 6.45) is 4.07. The fraction of sp³-hybridized carbons (Fsp3) is 0.250. The lowest BCUT2D eigenvalue weighted by Crippen LogP contribution is -2.24. The molecule has 27 heavy (non-hydrogen) atoms. The van der Waals surface area contributed by atoms with Gasteiger partial charge in [0.1, 0.15) is 15.7 Å². The predicted molar refractivity (Wildman–Crippen MR) is 108 cm³/mol. The zero-order valence-electron chi connectivity index (χ0n) is 15.1. The van der Waals surface area contributed by atoms with Crippen LogP contribution in [0.15, 0.2) is 59.6 Å². The van der Waals surface area contributed by atoms with Gasteiger partial charge in [-0.3, -0.25) is 4.98 Å². The Morgan fingerprint density at radius 2 is 1.96 bits per heavy atom. The van der Waals surface area contributed by atoms with E-state index in [1.54, 1.807) is 25.4 Å². The SMILES string of the molecule is COc1ccc2c(Nc3ccc([S@](=N)(=O)NCC4CC4)cc3)ccnc2c1. The number of methoxy groups -OCH3 is 1. The number of anilines is 2. The molecule has 0 aliphatic heterocycles. The third-order valence-electron chi connectivity index (χ3n) is 4.69. The molecule has 7 heteroatoms. The monoisotopic (exact) mass is 382 g/mol. The number of benzene rings is 2. The summed E-state index contributed by atoms with van der Waals surface area (Å²) in [6.45, 7) is 0.648. The van der Waals surface area contributed by atoms with E-state index < -0.39 is 9.92 Å². The standard InChI is InChI=1S/C20H22N4O2S/c1-26-16-6-9-18-19(10-11-22-20(18)12-16)24-15-4-7-17(8-5-15)27(21,25)23-13-14-2-3-14/h4-12,14H,2-3,13H2,1H3,(H,22,24)(H2,21,23,25)/t27-/m1/s1. The highest BCUT2D eigenvalue weighted by atomic mass is 32.2. The Morgan fingerprint density at radius 3 is 2.67 bits per heavy atom. The second-order valence-corrected chi connectivity index (χ2v) is 8.61. The second-order valence-electron chi connectivity index (χ2n) is 6.74. The first-order chi connectivity index (χ1) is 13.0. The van der Waals surface area contributed by atoms with E-state index in [4.69, 9.17) is 9.52 Å². The zero-order chi connectivity index (χ0) is 18.9. The minimum Gasteiger partial charge on any atom is -0.497 e. The first-order valence-corrected chi connectivity index (χ1v) is 10.4. The van der Waals surface area contributed by atoms with Gasteiger partial charge in [-0.1, -0.05) is 0 Å². The fourth-order valence-corrected chi connectivity index (χ4v) is 4.05. The van der Waals surface area contributed by atoms with Crippen molar-refractivity contribution in [1.29, 1.82) is 4.78 Å². The molecule has 1 aromatic heterocycles. The molecule has 1 heterocycles. The van der Waals surface area contributed by atoms with Crippen molar-refractivity contribution in [2.45, 2.75) is 17.7 Å². The summed E-state index contributed by atoms with van der Waals surface area (Å²) in [5.41, 5.74) is 2.63. The molecule has 0 unspecified atom stereocenters. The summed E-state index contributed by atoms with van der Waals surface area (Å²) >= 11 is 0. The maximum Gasteiger partial charge on any atom is 0.134 e. The van der Waals surface area contributed by atoms with Crippen LogP contribution in [0.1, 0.15) is 12.8 Å². The minimum atomic E-state index is -2.95. The van der Waals surface area contributed by atoms with Crippen molar-refractivity contribution in [1.82, 2.24) is 9.71 Å². The Labute approximate surface area is 159 Å². The lowest BCUT2D eigenvalue weighted by molar-refractivity contribution is 0.415. The van der Waals surface area contributed by atoms with Gasteiger partial charge in [0.25, 0.3) is 0 Å². The van der Waals surface area contributed by atoms with E-state index >= 15 is 0 Å². The number of aromatic nitrogens is 1. The number of ether oxygens (including phenoxy) is 1. The topological polar surface area (TPSA) is 87.1 Å². The molecule has 1 aliphatic rings. The quantitative estimate of drug-likeness (QED) is 0.568. The summed E-state index contributed by atoms with van der Waals surface area (Å²) in [6, 6.07) is 14.8. The molecule has 2 aromatic carbocycles. The molecule has 0 spiro atoms. The minimum absolute atomic E-state index is 0.498. The number of nitrogens with one attached hydrogen (secondary N) is 3. The van der Waals surface area contributed by atoms with E-state index in [2.05, 4.69) is 15.0 Å². The normalized spacial score (nSPS) is 16.0. The van der Waals surface area contributed by atoms with Crippen molar-refractivity contribution in [3.8, 4) is 5.75 Å². The van der Waals surface area contributed by atoms with Crippen molar-refractivity contribution >= 4 is 32.2 Å². The van der Waals surface area contributed by atoms with Crippen LogP contribution in [0.3, 0.4) is 0 Å². The van der Waals surface area contributed by atoms with Crippen LogP contribution in [0, 0.1) is 10.7 Å². The number of nitrogens with zero attached hydrogens (tertiary/aromatic N) is 1. The maximum absolute atomic E-state index is 12.5.